The van der Waals surface area contributed by atoms with Crippen LogP contribution in [-0.2, 0) is 25.8 Å². The second-order valence-electron chi connectivity index (χ2n) is 7.61. The molecule has 1 aromatic carbocycles. The van der Waals surface area contributed by atoms with Crippen LogP contribution in [0.15, 0.2) is 53.6 Å². The van der Waals surface area contributed by atoms with Gasteiger partial charge in [0.2, 0.25) is 20.0 Å². The van der Waals surface area contributed by atoms with Crippen LogP contribution in [0.5, 0.6) is 0 Å². The molecule has 1 saturated heterocycles. The molecule has 3 rings (SSSR count). The number of sulfonamides is 2. The molecule has 0 radical (unpaired) electrons. The normalized spacial score (nSPS) is 16.0. The van der Waals surface area contributed by atoms with Crippen molar-refractivity contribution >= 4 is 25.9 Å². The van der Waals surface area contributed by atoms with Crippen LogP contribution < -0.4 is 9.62 Å². The third-order valence-electron chi connectivity index (χ3n) is 5.49. The van der Waals surface area contributed by atoms with Gasteiger partial charge in [-0.15, -0.1) is 0 Å². The van der Waals surface area contributed by atoms with E-state index in [2.05, 4.69) is 9.71 Å². The van der Waals surface area contributed by atoms with Gasteiger partial charge in [0.1, 0.15) is 10.7 Å². The first-order valence-corrected chi connectivity index (χ1v) is 13.6. The Morgan fingerprint density at radius 1 is 0.935 bits per heavy atom. The number of nitrogens with zero attached hydrogens (tertiary/aromatic N) is 3. The van der Waals surface area contributed by atoms with Gasteiger partial charge >= 0.3 is 0 Å². The highest BCUT2D eigenvalue weighted by molar-refractivity contribution is 7.89. The Balaban J connectivity index is 1.61. The minimum atomic E-state index is -3.61. The van der Waals surface area contributed by atoms with Gasteiger partial charge in [-0.25, -0.2) is 26.5 Å². The van der Waals surface area contributed by atoms with E-state index in [0.717, 1.165) is 18.4 Å². The summed E-state index contributed by atoms with van der Waals surface area (Å²) in [5.74, 6) is 0.629. The van der Waals surface area contributed by atoms with E-state index in [0.29, 0.717) is 32.0 Å². The minimum absolute atomic E-state index is 0.0117. The van der Waals surface area contributed by atoms with Crippen LogP contribution in [0.1, 0.15) is 32.3 Å². The SMILES string of the molecule is CCC(CC)NS(=O)(=O)c1ccc(N2CCN(S(=O)(=O)Cc3ccccc3)CC2)nc1. The lowest BCUT2D eigenvalue weighted by Crippen LogP contribution is -2.49. The Morgan fingerprint density at radius 2 is 1.58 bits per heavy atom. The summed E-state index contributed by atoms with van der Waals surface area (Å²) < 4.78 is 54.6. The predicted molar refractivity (Wildman–Crippen MR) is 122 cm³/mol. The van der Waals surface area contributed by atoms with Crippen molar-refractivity contribution in [3.63, 3.8) is 0 Å². The highest BCUT2D eigenvalue weighted by Crippen LogP contribution is 2.19. The summed E-state index contributed by atoms with van der Waals surface area (Å²) in [5, 5.41) is 0. The van der Waals surface area contributed by atoms with Crippen LogP contribution in [0.4, 0.5) is 5.82 Å². The second kappa shape index (κ2) is 10.1. The van der Waals surface area contributed by atoms with Crippen molar-refractivity contribution in [2.75, 3.05) is 31.1 Å². The molecule has 31 heavy (non-hydrogen) atoms. The molecule has 8 nitrogen and oxygen atoms in total. The van der Waals surface area contributed by atoms with Gasteiger partial charge in [-0.3, -0.25) is 0 Å². The maximum atomic E-state index is 12.7. The van der Waals surface area contributed by atoms with E-state index in [1.807, 2.05) is 49.1 Å². The molecular weight excluding hydrogens is 436 g/mol. The lowest BCUT2D eigenvalue weighted by molar-refractivity contribution is 0.383. The van der Waals surface area contributed by atoms with E-state index in [1.165, 1.54) is 10.5 Å². The lowest BCUT2D eigenvalue weighted by atomic mass is 10.2. The van der Waals surface area contributed by atoms with Crippen molar-refractivity contribution in [3.8, 4) is 0 Å². The first-order valence-electron chi connectivity index (χ1n) is 10.5. The molecule has 0 bridgehead atoms. The van der Waals surface area contributed by atoms with E-state index in [4.69, 9.17) is 0 Å². The molecule has 0 atom stereocenters. The summed E-state index contributed by atoms with van der Waals surface area (Å²) in [6.07, 6.45) is 2.80. The van der Waals surface area contributed by atoms with Crippen molar-refractivity contribution in [1.29, 1.82) is 0 Å². The zero-order chi connectivity index (χ0) is 22.5. The van der Waals surface area contributed by atoms with E-state index in [9.17, 15) is 16.8 Å². The molecule has 0 unspecified atom stereocenters. The highest BCUT2D eigenvalue weighted by atomic mass is 32.2. The van der Waals surface area contributed by atoms with Crippen LogP contribution >= 0.6 is 0 Å². The van der Waals surface area contributed by atoms with Gasteiger partial charge in [-0.2, -0.15) is 4.31 Å². The standard InChI is InChI=1S/C21H30N4O4S2/c1-3-19(4-2)23-31(28,29)20-10-11-21(22-16-20)24-12-14-25(15-13-24)30(26,27)17-18-8-6-5-7-9-18/h5-11,16,19,23H,3-4,12-15,17H2,1-2H3. The highest BCUT2D eigenvalue weighted by Gasteiger charge is 2.28. The van der Waals surface area contributed by atoms with Gasteiger partial charge < -0.3 is 4.90 Å². The van der Waals surface area contributed by atoms with Crippen LogP contribution in [0.2, 0.25) is 0 Å². The Kier molecular flexibility index (Phi) is 7.68. The molecule has 1 fully saturated rings. The van der Waals surface area contributed by atoms with Crippen molar-refractivity contribution < 1.29 is 16.8 Å². The number of aromatic nitrogens is 1. The Hall–Kier alpha value is -2.01. The molecule has 0 aliphatic carbocycles. The smallest absolute Gasteiger partial charge is 0.242 e. The summed E-state index contributed by atoms with van der Waals surface area (Å²) in [5.41, 5.74) is 0.769. The average Bonchev–Trinajstić information content (AvgIpc) is 2.78. The fourth-order valence-corrected chi connectivity index (χ4v) is 6.40. The maximum absolute atomic E-state index is 12.7. The zero-order valence-corrected chi connectivity index (χ0v) is 19.6. The van der Waals surface area contributed by atoms with Crippen LogP contribution in [0, 0.1) is 0 Å². The van der Waals surface area contributed by atoms with E-state index < -0.39 is 20.0 Å². The molecule has 2 aromatic rings. The first kappa shape index (κ1) is 23.6. The quantitative estimate of drug-likeness (QED) is 0.608. The third kappa shape index (κ3) is 6.03. The molecular formula is C21H30N4O4S2. The number of hydrogen-bond donors (Lipinski definition) is 1. The fraction of sp³-hybridized carbons (Fsp3) is 0.476. The van der Waals surface area contributed by atoms with Gasteiger partial charge in [0.05, 0.1) is 5.75 Å². The molecule has 1 N–H and O–H groups in total. The molecule has 170 valence electrons. The summed E-state index contributed by atoms with van der Waals surface area (Å²) in [6, 6.07) is 12.3. The number of nitrogens with one attached hydrogen (secondary N) is 1. The molecule has 10 heteroatoms. The van der Waals surface area contributed by atoms with E-state index >= 15 is 0 Å². The number of rotatable bonds is 9. The molecule has 0 saturated carbocycles. The molecule has 2 heterocycles. The third-order valence-corrected chi connectivity index (χ3v) is 8.84. The largest absolute Gasteiger partial charge is 0.354 e. The first-order chi connectivity index (χ1) is 14.7. The number of piperazine rings is 1. The lowest BCUT2D eigenvalue weighted by Gasteiger charge is -2.34. The monoisotopic (exact) mass is 466 g/mol. The van der Waals surface area contributed by atoms with Crippen LogP contribution in [-0.4, -0.2) is 58.3 Å². The van der Waals surface area contributed by atoms with Crippen molar-refractivity contribution in [3.05, 3.63) is 54.2 Å². The van der Waals surface area contributed by atoms with Crippen LogP contribution in [0.3, 0.4) is 0 Å². The summed E-state index contributed by atoms with van der Waals surface area (Å²) in [7, 11) is -6.99. The van der Waals surface area contributed by atoms with E-state index in [1.54, 1.807) is 12.1 Å². The van der Waals surface area contributed by atoms with Gasteiger partial charge in [-0.1, -0.05) is 44.2 Å². The van der Waals surface area contributed by atoms with E-state index in [-0.39, 0.29) is 16.7 Å². The molecule has 0 spiro atoms. The zero-order valence-electron chi connectivity index (χ0n) is 17.9. The molecule has 0 amide bonds. The summed E-state index contributed by atoms with van der Waals surface area (Å²) in [4.78, 5) is 6.42. The number of benzene rings is 1. The van der Waals surface area contributed by atoms with Crippen molar-refractivity contribution in [1.82, 2.24) is 14.0 Å². The number of pyridine rings is 1. The summed E-state index contributed by atoms with van der Waals surface area (Å²) >= 11 is 0. The average molecular weight is 467 g/mol. The van der Waals surface area contributed by atoms with Gasteiger partial charge in [0.15, 0.2) is 0 Å². The molecule has 1 aliphatic heterocycles. The maximum Gasteiger partial charge on any atom is 0.242 e. The van der Waals surface area contributed by atoms with Gasteiger partial charge in [-0.05, 0) is 30.5 Å². The molecule has 1 aromatic heterocycles. The van der Waals surface area contributed by atoms with Crippen molar-refractivity contribution in [2.24, 2.45) is 0 Å². The van der Waals surface area contributed by atoms with Crippen molar-refractivity contribution in [2.45, 2.75) is 43.4 Å². The fourth-order valence-electron chi connectivity index (χ4n) is 3.53. The van der Waals surface area contributed by atoms with Gasteiger partial charge in [0, 0.05) is 38.4 Å². The Labute approximate surface area is 185 Å². The van der Waals surface area contributed by atoms with Crippen LogP contribution in [0.25, 0.3) is 0 Å². The molecule has 1 aliphatic rings. The minimum Gasteiger partial charge on any atom is -0.354 e. The predicted octanol–water partition coefficient (Wildman–Crippen LogP) is 2.20. The topological polar surface area (TPSA) is 99.7 Å². The number of anilines is 1. The number of hydrogen-bond acceptors (Lipinski definition) is 6. The Morgan fingerprint density at radius 3 is 2.13 bits per heavy atom. The van der Waals surface area contributed by atoms with Gasteiger partial charge in [0.25, 0.3) is 0 Å². The second-order valence-corrected chi connectivity index (χ2v) is 11.3. The summed E-state index contributed by atoms with van der Waals surface area (Å²) in [6.45, 7) is 5.62. The Bertz CT molecular complexity index is 1050.